The second kappa shape index (κ2) is 16.4. The summed E-state index contributed by atoms with van der Waals surface area (Å²) in [4.78, 5) is 33.1. The van der Waals surface area contributed by atoms with Crippen LogP contribution < -0.4 is 18.9 Å². The van der Waals surface area contributed by atoms with Gasteiger partial charge in [0.2, 0.25) is 0 Å². The number of esters is 2. The van der Waals surface area contributed by atoms with Gasteiger partial charge in [-0.15, -0.1) is 13.2 Å². The third kappa shape index (κ3) is 8.73. The second-order valence-corrected chi connectivity index (χ2v) is 15.4. The number of hydrogen-bond donors (Lipinski definition) is 2. The average molecular weight is 817 g/mol. The van der Waals surface area contributed by atoms with Crippen LogP contribution in [0.2, 0.25) is 0 Å². The minimum Gasteiger partial charge on any atom is -0.490 e. The van der Waals surface area contributed by atoms with E-state index in [0.717, 1.165) is 68.8 Å². The summed E-state index contributed by atoms with van der Waals surface area (Å²) in [5.41, 5.74) is 7.39. The number of aryl methyl sites for hydroxylation is 2. The third-order valence-corrected chi connectivity index (χ3v) is 10.8. The monoisotopic (exact) mass is 816 g/mol. The molecule has 2 N–H and O–H groups in total. The van der Waals surface area contributed by atoms with Crippen LogP contribution in [-0.2, 0) is 40.4 Å². The number of H-pyrrole nitrogens is 2. The molecular weight excluding hydrogens is 778 g/mol. The first kappa shape index (κ1) is 39.9. The Morgan fingerprint density at radius 2 is 1.32 bits per heavy atom. The van der Waals surface area contributed by atoms with Crippen molar-refractivity contribution in [1.29, 1.82) is 10.5 Å². The molecule has 2 aliphatic carbocycles. The van der Waals surface area contributed by atoms with E-state index < -0.39 is 24.1 Å². The molecule has 0 bridgehead atoms. The van der Waals surface area contributed by atoms with Gasteiger partial charge in [-0.1, -0.05) is 6.07 Å². The van der Waals surface area contributed by atoms with Gasteiger partial charge in [-0.25, -0.2) is 0 Å². The highest BCUT2D eigenvalue weighted by atomic mass is 19.4. The zero-order valence-corrected chi connectivity index (χ0v) is 32.7. The van der Waals surface area contributed by atoms with E-state index in [4.69, 9.17) is 18.9 Å². The largest absolute Gasteiger partial charge is 0.573 e. The molecule has 2 unspecified atom stereocenters. The van der Waals surface area contributed by atoms with E-state index in [1.54, 1.807) is 18.2 Å². The van der Waals surface area contributed by atoms with E-state index in [1.807, 2.05) is 56.3 Å². The number of carbonyl (C=O) groups is 2. The summed E-state index contributed by atoms with van der Waals surface area (Å²) < 4.78 is 65.5. The molecule has 60 heavy (non-hydrogen) atoms. The topological polar surface area (TPSA) is 159 Å². The van der Waals surface area contributed by atoms with Crippen molar-refractivity contribution in [2.45, 2.75) is 89.9 Å². The third-order valence-electron chi connectivity index (χ3n) is 10.8. The summed E-state index contributed by atoms with van der Waals surface area (Å²) in [6, 6.07) is 24.3. The lowest BCUT2D eigenvalue weighted by atomic mass is 10.0. The summed E-state index contributed by atoms with van der Waals surface area (Å²) in [6.45, 7) is 3.99. The fourth-order valence-corrected chi connectivity index (χ4v) is 8.30. The SMILES string of the molecule is CC(C)Oc1ccc(COc2ccc3[nH]c4c(c3c2)CCC4CC(=O)OC(=O)CC2CCc3c2[nH]c2ccc(OCc4cc(C#N)cc(OC(F)(F)F)c4)cc32)cc1C#N. The number of nitriles is 2. The minimum absolute atomic E-state index is 0.00809. The predicted molar refractivity (Wildman–Crippen MR) is 212 cm³/mol. The molecule has 14 heteroatoms. The van der Waals surface area contributed by atoms with E-state index in [9.17, 15) is 33.3 Å². The number of benzene rings is 4. The zero-order valence-electron chi connectivity index (χ0n) is 32.7. The van der Waals surface area contributed by atoms with Crippen LogP contribution in [0.3, 0.4) is 0 Å². The highest BCUT2D eigenvalue weighted by Crippen LogP contribution is 2.42. The maximum absolute atomic E-state index is 13.1. The smallest absolute Gasteiger partial charge is 0.490 e. The van der Waals surface area contributed by atoms with Crippen molar-refractivity contribution < 1.29 is 46.4 Å². The molecular formula is C46H39F3N4O7. The molecule has 2 atom stereocenters. The Bertz CT molecular complexity index is 2720. The average Bonchev–Trinajstić information content (AvgIpc) is 3.97. The fraction of sp³-hybridized carbons (Fsp3) is 0.304. The number of fused-ring (bicyclic) bond motifs is 6. The number of hydrogen-bond acceptors (Lipinski definition) is 9. The van der Waals surface area contributed by atoms with Crippen molar-refractivity contribution in [3.8, 4) is 35.1 Å². The van der Waals surface area contributed by atoms with E-state index >= 15 is 0 Å². The number of aromatic nitrogens is 2. The highest BCUT2D eigenvalue weighted by Gasteiger charge is 2.33. The van der Waals surface area contributed by atoms with Crippen LogP contribution >= 0.6 is 0 Å². The van der Waals surface area contributed by atoms with Gasteiger partial charge in [0.1, 0.15) is 42.3 Å². The molecule has 0 saturated carbocycles. The molecule has 0 saturated heterocycles. The van der Waals surface area contributed by atoms with Crippen LogP contribution in [0.4, 0.5) is 13.2 Å². The Hall–Kier alpha value is -6.93. The van der Waals surface area contributed by atoms with Crippen LogP contribution in [0.5, 0.6) is 23.0 Å². The first-order chi connectivity index (χ1) is 28.8. The molecule has 0 spiro atoms. The number of aromatic amines is 2. The van der Waals surface area contributed by atoms with Gasteiger partial charge in [-0.2, -0.15) is 10.5 Å². The van der Waals surface area contributed by atoms with Crippen LogP contribution in [0.15, 0.2) is 72.8 Å². The lowest BCUT2D eigenvalue weighted by Crippen LogP contribution is -2.17. The van der Waals surface area contributed by atoms with Gasteiger partial charge >= 0.3 is 18.3 Å². The summed E-state index contributed by atoms with van der Waals surface area (Å²) in [5.74, 6) is -0.268. The quantitative estimate of drug-likeness (QED) is 0.0855. The van der Waals surface area contributed by atoms with E-state index in [1.165, 1.54) is 12.1 Å². The van der Waals surface area contributed by atoms with E-state index in [0.29, 0.717) is 41.2 Å². The Morgan fingerprint density at radius 3 is 1.85 bits per heavy atom. The summed E-state index contributed by atoms with van der Waals surface area (Å²) in [7, 11) is 0. The molecule has 6 aromatic rings. The second-order valence-electron chi connectivity index (χ2n) is 15.4. The molecule has 0 aliphatic heterocycles. The van der Waals surface area contributed by atoms with Crippen molar-refractivity contribution in [2.75, 3.05) is 0 Å². The molecule has 8 rings (SSSR count). The van der Waals surface area contributed by atoms with E-state index in [2.05, 4.69) is 20.8 Å². The van der Waals surface area contributed by atoms with Crippen molar-refractivity contribution in [3.63, 3.8) is 0 Å². The number of ether oxygens (including phenoxy) is 5. The number of rotatable bonds is 13. The summed E-state index contributed by atoms with van der Waals surface area (Å²) in [5, 5.41) is 20.8. The molecule has 306 valence electrons. The van der Waals surface area contributed by atoms with Crippen LogP contribution in [0, 0.1) is 22.7 Å². The summed E-state index contributed by atoms with van der Waals surface area (Å²) in [6.07, 6.45) is -1.98. The first-order valence-corrected chi connectivity index (χ1v) is 19.6. The van der Waals surface area contributed by atoms with Crippen molar-refractivity contribution in [2.24, 2.45) is 0 Å². The summed E-state index contributed by atoms with van der Waals surface area (Å²) >= 11 is 0. The Labute approximate surface area is 342 Å². The minimum atomic E-state index is -4.90. The number of nitrogens with zero attached hydrogens (tertiary/aromatic N) is 2. The predicted octanol–water partition coefficient (Wildman–Crippen LogP) is 9.85. The fourth-order valence-electron chi connectivity index (χ4n) is 8.30. The maximum atomic E-state index is 13.1. The zero-order chi connectivity index (χ0) is 42.1. The highest BCUT2D eigenvalue weighted by molar-refractivity contribution is 5.90. The van der Waals surface area contributed by atoms with E-state index in [-0.39, 0.29) is 49.6 Å². The number of halogens is 3. The Balaban J connectivity index is 0.859. The van der Waals surface area contributed by atoms with Crippen molar-refractivity contribution >= 4 is 33.7 Å². The van der Waals surface area contributed by atoms with Gasteiger partial charge in [0.15, 0.2) is 0 Å². The van der Waals surface area contributed by atoms with Crippen molar-refractivity contribution in [1.82, 2.24) is 9.97 Å². The Kier molecular flexibility index (Phi) is 10.9. The van der Waals surface area contributed by atoms with Crippen LogP contribution in [0.25, 0.3) is 21.8 Å². The molecule has 0 radical (unpaired) electrons. The van der Waals surface area contributed by atoms with Gasteiger partial charge in [-0.05, 0) is 129 Å². The number of alkyl halides is 3. The lowest BCUT2D eigenvalue weighted by Gasteiger charge is -2.12. The maximum Gasteiger partial charge on any atom is 0.573 e. The molecule has 11 nitrogen and oxygen atoms in total. The van der Waals surface area contributed by atoms with Gasteiger partial charge in [-0.3, -0.25) is 9.59 Å². The standard InChI is InChI=1S/C46H39F3N4O7/c1-25(2)58-41-12-3-26(14-31(41)22-51)23-56-32-6-10-39-37(19-32)35-8-4-29(44(35)52-39)17-42(54)59-43(55)18-30-5-9-36-38-20-33(7-11-40(38)53-45(30)36)57-24-28-13-27(21-50)15-34(16-28)60-46(47,48)49/h3,6-7,10-16,19-20,25,29-30,52-53H,4-5,8-9,17-18,23-24H2,1-2H3. The van der Waals surface area contributed by atoms with Gasteiger partial charge in [0.05, 0.1) is 36.1 Å². The van der Waals surface area contributed by atoms with Crippen molar-refractivity contribution in [3.05, 3.63) is 118 Å². The molecule has 2 heterocycles. The number of nitrogens with one attached hydrogen (secondary N) is 2. The van der Waals surface area contributed by atoms with Gasteiger partial charge < -0.3 is 33.7 Å². The molecule has 2 aromatic heterocycles. The first-order valence-electron chi connectivity index (χ1n) is 19.6. The van der Waals surface area contributed by atoms with Gasteiger partial charge in [0.25, 0.3) is 0 Å². The lowest BCUT2D eigenvalue weighted by molar-refractivity contribution is -0.274. The molecule has 4 aromatic carbocycles. The number of carbonyl (C=O) groups excluding carboxylic acids is 2. The van der Waals surface area contributed by atoms with Crippen LogP contribution in [0.1, 0.15) is 96.1 Å². The molecule has 2 aliphatic rings. The van der Waals surface area contributed by atoms with Crippen LogP contribution in [-0.4, -0.2) is 34.4 Å². The molecule has 0 amide bonds. The normalized spacial score (nSPS) is 15.7. The van der Waals surface area contributed by atoms with Gasteiger partial charge in [0, 0.05) is 45.0 Å². The Morgan fingerprint density at radius 1 is 0.733 bits per heavy atom. The molecule has 0 fully saturated rings.